The molecule has 1 aromatic rings. The summed E-state index contributed by atoms with van der Waals surface area (Å²) in [5.41, 5.74) is 0.911. The van der Waals surface area contributed by atoms with Gasteiger partial charge in [-0.3, -0.25) is 13.9 Å². The third kappa shape index (κ3) is 15.8. The third-order valence-corrected chi connectivity index (χ3v) is 9.98. The standard InChI is InChI=1S/C35H59N3O8S/c1-5-6-7-8-9-10-11-12-13-14-15-16-17-19-32(30(3)44-4)36-34(40)45-26-18-24-37-28-33(39)38(35(37)41)25-27-46-47(42,43)31-22-20-29(2)21-23-31/h20-23,30,32H,5-19,24-28H2,1-4H3,(H,36,40). The van der Waals surface area contributed by atoms with Crippen molar-refractivity contribution in [3.63, 3.8) is 0 Å². The molecule has 0 spiro atoms. The Morgan fingerprint density at radius 2 is 1.43 bits per heavy atom. The molecule has 1 fully saturated rings. The number of unbranched alkanes of at least 4 members (excludes halogenated alkanes) is 12. The van der Waals surface area contributed by atoms with Gasteiger partial charge in [-0.05, 0) is 38.8 Å². The average molecular weight is 682 g/mol. The highest BCUT2D eigenvalue weighted by Gasteiger charge is 2.35. The van der Waals surface area contributed by atoms with Crippen LogP contribution in [0, 0.1) is 6.92 Å². The van der Waals surface area contributed by atoms with Crippen LogP contribution in [0.5, 0.6) is 0 Å². The number of imide groups is 1. The molecule has 1 heterocycles. The van der Waals surface area contributed by atoms with Crippen molar-refractivity contribution in [1.82, 2.24) is 15.1 Å². The van der Waals surface area contributed by atoms with E-state index < -0.39 is 28.1 Å². The zero-order valence-electron chi connectivity index (χ0n) is 29.2. The number of alkyl carbamates (subject to hydrolysis) is 1. The molecular weight excluding hydrogens is 622 g/mol. The Hall–Kier alpha value is -2.70. The maximum absolute atomic E-state index is 12.7. The monoisotopic (exact) mass is 681 g/mol. The van der Waals surface area contributed by atoms with Crippen LogP contribution in [-0.4, -0.2) is 88.4 Å². The molecule has 1 aromatic carbocycles. The predicted octanol–water partition coefficient (Wildman–Crippen LogP) is 6.97. The predicted molar refractivity (Wildman–Crippen MR) is 183 cm³/mol. The van der Waals surface area contributed by atoms with Crippen molar-refractivity contribution >= 4 is 28.1 Å². The van der Waals surface area contributed by atoms with Gasteiger partial charge in [0.15, 0.2) is 0 Å². The summed E-state index contributed by atoms with van der Waals surface area (Å²) in [7, 11) is -2.37. The van der Waals surface area contributed by atoms with Gasteiger partial charge in [0, 0.05) is 13.7 Å². The highest BCUT2D eigenvalue weighted by molar-refractivity contribution is 7.86. The summed E-state index contributed by atoms with van der Waals surface area (Å²) >= 11 is 0. The Kier molecular flexibility index (Phi) is 19.6. The van der Waals surface area contributed by atoms with Crippen LogP contribution in [0.1, 0.15) is 116 Å². The first-order valence-corrected chi connectivity index (χ1v) is 19.0. The van der Waals surface area contributed by atoms with E-state index in [-0.39, 0.29) is 49.9 Å². The zero-order valence-corrected chi connectivity index (χ0v) is 30.0. The van der Waals surface area contributed by atoms with E-state index in [9.17, 15) is 22.8 Å². The number of carbonyl (C=O) groups excluding carboxylic acids is 3. The minimum atomic E-state index is -4.00. The van der Waals surface area contributed by atoms with Crippen molar-refractivity contribution in [3.8, 4) is 0 Å². The number of hydrogen-bond donors (Lipinski definition) is 1. The molecule has 4 amide bonds. The highest BCUT2D eigenvalue weighted by Crippen LogP contribution is 2.17. The molecule has 1 saturated heterocycles. The minimum Gasteiger partial charge on any atom is -0.449 e. The Balaban J connectivity index is 1.59. The molecule has 2 unspecified atom stereocenters. The third-order valence-electron chi connectivity index (χ3n) is 8.66. The smallest absolute Gasteiger partial charge is 0.407 e. The van der Waals surface area contributed by atoms with Crippen LogP contribution in [-0.2, 0) is 28.6 Å². The van der Waals surface area contributed by atoms with E-state index in [4.69, 9.17) is 13.7 Å². The first-order chi connectivity index (χ1) is 22.6. The van der Waals surface area contributed by atoms with Gasteiger partial charge in [0.25, 0.3) is 10.1 Å². The summed E-state index contributed by atoms with van der Waals surface area (Å²) in [6.07, 6.45) is 17.1. The van der Waals surface area contributed by atoms with E-state index >= 15 is 0 Å². The van der Waals surface area contributed by atoms with Crippen LogP contribution in [0.2, 0.25) is 0 Å². The first kappa shape index (κ1) is 40.5. The van der Waals surface area contributed by atoms with Gasteiger partial charge in [0.05, 0.1) is 36.8 Å². The number of nitrogens with one attached hydrogen (secondary N) is 1. The van der Waals surface area contributed by atoms with Crippen molar-refractivity contribution in [2.45, 2.75) is 134 Å². The van der Waals surface area contributed by atoms with E-state index in [1.165, 1.54) is 87.7 Å². The Morgan fingerprint density at radius 1 is 0.851 bits per heavy atom. The van der Waals surface area contributed by atoms with Gasteiger partial charge in [-0.2, -0.15) is 8.42 Å². The van der Waals surface area contributed by atoms with E-state index in [0.717, 1.165) is 29.7 Å². The van der Waals surface area contributed by atoms with Crippen molar-refractivity contribution < 1.29 is 36.5 Å². The first-order valence-electron chi connectivity index (χ1n) is 17.6. The average Bonchev–Trinajstić information content (AvgIpc) is 3.32. The number of rotatable bonds is 26. The topological polar surface area (TPSA) is 132 Å². The number of nitrogens with zero attached hydrogens (tertiary/aromatic N) is 2. The van der Waals surface area contributed by atoms with E-state index in [2.05, 4.69) is 12.2 Å². The molecule has 0 aliphatic carbocycles. The van der Waals surface area contributed by atoms with Crippen LogP contribution in [0.25, 0.3) is 0 Å². The van der Waals surface area contributed by atoms with Gasteiger partial charge in [0.2, 0.25) is 5.91 Å². The number of urea groups is 1. The lowest BCUT2D eigenvalue weighted by atomic mass is 10.0. The van der Waals surface area contributed by atoms with Gasteiger partial charge >= 0.3 is 12.1 Å². The molecule has 47 heavy (non-hydrogen) atoms. The summed E-state index contributed by atoms with van der Waals surface area (Å²) in [6.45, 7) is 5.67. The Labute approximate surface area is 283 Å². The number of amides is 4. The van der Waals surface area contributed by atoms with Gasteiger partial charge in [-0.15, -0.1) is 0 Å². The maximum atomic E-state index is 12.7. The van der Waals surface area contributed by atoms with Crippen molar-refractivity contribution in [2.24, 2.45) is 0 Å². The second kappa shape index (κ2) is 22.8. The fourth-order valence-corrected chi connectivity index (χ4v) is 6.48. The quantitative estimate of drug-likeness (QED) is 0.0631. The van der Waals surface area contributed by atoms with Crippen molar-refractivity contribution in [2.75, 3.05) is 40.0 Å². The lowest BCUT2D eigenvalue weighted by molar-refractivity contribution is -0.125. The molecular formula is C35H59N3O8S. The fraction of sp³-hybridized carbons (Fsp3) is 0.743. The van der Waals surface area contributed by atoms with E-state index in [1.807, 2.05) is 13.8 Å². The van der Waals surface area contributed by atoms with Gasteiger partial charge in [0.1, 0.15) is 6.54 Å². The summed E-state index contributed by atoms with van der Waals surface area (Å²) < 4.78 is 40.6. The van der Waals surface area contributed by atoms with Crippen LogP contribution in [0.3, 0.4) is 0 Å². The largest absolute Gasteiger partial charge is 0.449 e. The summed E-state index contributed by atoms with van der Waals surface area (Å²) in [6, 6.07) is 5.52. The Morgan fingerprint density at radius 3 is 2.00 bits per heavy atom. The second-order valence-electron chi connectivity index (χ2n) is 12.6. The van der Waals surface area contributed by atoms with Crippen LogP contribution < -0.4 is 5.32 Å². The SMILES string of the molecule is CCCCCCCCCCCCCCCC(NC(=O)OCCCN1CC(=O)N(CCOS(=O)(=O)c2ccc(C)cc2)C1=O)C(C)OC. The molecule has 268 valence electrons. The van der Waals surface area contributed by atoms with E-state index in [1.54, 1.807) is 19.2 Å². The lowest BCUT2D eigenvalue weighted by Gasteiger charge is -2.24. The van der Waals surface area contributed by atoms with Gasteiger partial charge in [-0.25, -0.2) is 9.59 Å². The second-order valence-corrected chi connectivity index (χ2v) is 14.2. The molecule has 0 radical (unpaired) electrons. The number of ether oxygens (including phenoxy) is 2. The summed E-state index contributed by atoms with van der Waals surface area (Å²) in [4.78, 5) is 39.9. The van der Waals surface area contributed by atoms with Crippen molar-refractivity contribution in [1.29, 1.82) is 0 Å². The molecule has 1 aliphatic rings. The number of benzene rings is 1. The van der Waals surface area contributed by atoms with Crippen molar-refractivity contribution in [3.05, 3.63) is 29.8 Å². The van der Waals surface area contributed by atoms with Gasteiger partial charge in [-0.1, -0.05) is 108 Å². The molecule has 2 atom stereocenters. The van der Waals surface area contributed by atoms with Crippen LogP contribution in [0.15, 0.2) is 29.2 Å². The number of methoxy groups -OCH3 is 1. The zero-order chi connectivity index (χ0) is 34.5. The van der Waals surface area contributed by atoms with Crippen LogP contribution >= 0.6 is 0 Å². The summed E-state index contributed by atoms with van der Waals surface area (Å²) in [5, 5.41) is 2.92. The summed E-state index contributed by atoms with van der Waals surface area (Å²) in [5.74, 6) is -0.436. The molecule has 2 rings (SSSR count). The number of aryl methyl sites for hydroxylation is 1. The molecule has 0 aromatic heterocycles. The molecule has 11 nitrogen and oxygen atoms in total. The van der Waals surface area contributed by atoms with Crippen LogP contribution in [0.4, 0.5) is 9.59 Å². The minimum absolute atomic E-state index is 0.00965. The maximum Gasteiger partial charge on any atom is 0.407 e. The molecule has 0 saturated carbocycles. The molecule has 12 heteroatoms. The Bertz CT molecular complexity index is 1160. The molecule has 1 aliphatic heterocycles. The molecule has 0 bridgehead atoms. The fourth-order valence-electron chi connectivity index (χ4n) is 5.58. The number of hydrogen-bond acceptors (Lipinski definition) is 8. The normalized spacial score (nSPS) is 14.9. The van der Waals surface area contributed by atoms with E-state index in [0.29, 0.717) is 6.42 Å². The highest BCUT2D eigenvalue weighted by atomic mass is 32.2. The molecule has 1 N–H and O–H groups in total. The number of carbonyl (C=O) groups is 3. The van der Waals surface area contributed by atoms with Gasteiger partial charge < -0.3 is 19.7 Å². The lowest BCUT2D eigenvalue weighted by Crippen LogP contribution is -2.43.